The molecule has 2 aromatic heterocycles. The Morgan fingerprint density at radius 3 is 2.63 bits per heavy atom. The van der Waals surface area contributed by atoms with Gasteiger partial charge in [0.05, 0.1) is 30.5 Å². The third-order valence-electron chi connectivity index (χ3n) is 11.7. The van der Waals surface area contributed by atoms with Crippen LogP contribution in [0.3, 0.4) is 0 Å². The zero-order chi connectivity index (χ0) is 38.3. The number of hydrogen-bond acceptors (Lipinski definition) is 11. The number of urea groups is 1. The zero-order valence-electron chi connectivity index (χ0n) is 31.9. The van der Waals surface area contributed by atoms with E-state index >= 15 is 4.39 Å². The van der Waals surface area contributed by atoms with Crippen molar-refractivity contribution in [2.24, 2.45) is 5.92 Å². The van der Waals surface area contributed by atoms with Crippen LogP contribution >= 0.6 is 12.4 Å². The molecule has 0 bridgehead atoms. The number of carbonyl (C=O) groups excluding carboxylic acids is 3. The first-order valence-electron chi connectivity index (χ1n) is 19.5. The summed E-state index contributed by atoms with van der Waals surface area (Å²) < 4.78 is 21.1. The van der Waals surface area contributed by atoms with E-state index in [1.54, 1.807) is 17.0 Å². The fourth-order valence-electron chi connectivity index (χ4n) is 8.56. The van der Waals surface area contributed by atoms with Gasteiger partial charge < -0.3 is 25.2 Å². The van der Waals surface area contributed by atoms with E-state index in [-0.39, 0.29) is 36.7 Å². The number of amides is 4. The molecule has 14 nitrogen and oxygen atoms in total. The maximum absolute atomic E-state index is 15.4. The number of hydrogen-bond donors (Lipinski definition) is 3. The first-order chi connectivity index (χ1) is 27.2. The number of likely N-dealkylation sites (tertiary alicyclic amines) is 1. The summed E-state index contributed by atoms with van der Waals surface area (Å²) in [6.45, 7) is 9.12. The predicted molar refractivity (Wildman–Crippen MR) is 216 cm³/mol. The summed E-state index contributed by atoms with van der Waals surface area (Å²) in [5.41, 5.74) is 9.21. The van der Waals surface area contributed by atoms with Gasteiger partial charge >= 0.3 is 6.03 Å². The number of benzene rings is 2. The highest BCUT2D eigenvalue weighted by atomic mass is 35.5. The van der Waals surface area contributed by atoms with Crippen molar-refractivity contribution >= 4 is 59.0 Å². The monoisotopic (exact) mass is 796 g/mol. The van der Waals surface area contributed by atoms with Crippen LogP contribution in [-0.2, 0) is 42.1 Å². The van der Waals surface area contributed by atoms with Crippen LogP contribution in [0.25, 0.3) is 0 Å². The number of imide groups is 1. The first kappa shape index (κ1) is 38.3. The number of aromatic nitrogens is 3. The van der Waals surface area contributed by atoms with E-state index in [4.69, 9.17) is 9.72 Å². The van der Waals surface area contributed by atoms with Crippen molar-refractivity contribution < 1.29 is 23.5 Å². The molecule has 57 heavy (non-hydrogen) atoms. The normalized spacial score (nSPS) is 18.1. The average molecular weight is 797 g/mol. The van der Waals surface area contributed by atoms with Gasteiger partial charge in [-0.2, -0.15) is 0 Å². The van der Waals surface area contributed by atoms with Gasteiger partial charge in [-0.25, -0.2) is 24.1 Å². The minimum atomic E-state index is -0.443. The second-order valence-electron chi connectivity index (χ2n) is 15.4. The highest BCUT2D eigenvalue weighted by Gasteiger charge is 2.30. The van der Waals surface area contributed by atoms with Crippen LogP contribution < -0.4 is 30.5 Å². The first-order valence-corrected chi connectivity index (χ1v) is 19.5. The van der Waals surface area contributed by atoms with E-state index in [0.29, 0.717) is 68.2 Å². The molecule has 16 heteroatoms. The lowest BCUT2D eigenvalue weighted by Crippen LogP contribution is -2.49. The zero-order valence-corrected chi connectivity index (χ0v) is 32.7. The van der Waals surface area contributed by atoms with Crippen molar-refractivity contribution in [3.05, 3.63) is 88.1 Å². The summed E-state index contributed by atoms with van der Waals surface area (Å²) in [5.74, 6) is 0.735. The van der Waals surface area contributed by atoms with Gasteiger partial charge in [-0.1, -0.05) is 12.1 Å². The van der Waals surface area contributed by atoms with Crippen LogP contribution in [0.4, 0.5) is 37.9 Å². The lowest BCUT2D eigenvalue weighted by molar-refractivity contribution is -0.132. The van der Waals surface area contributed by atoms with E-state index in [0.717, 1.165) is 85.9 Å². The van der Waals surface area contributed by atoms with Crippen molar-refractivity contribution in [2.75, 3.05) is 66.3 Å². The Bertz CT molecular complexity index is 2220. The second kappa shape index (κ2) is 16.1. The number of rotatable bonds is 8. The lowest BCUT2D eigenvalue weighted by atomic mass is 9.95. The maximum Gasteiger partial charge on any atom is 0.328 e. The Kier molecular flexibility index (Phi) is 10.9. The number of pyridine rings is 1. The number of ether oxygens (including phenoxy) is 1. The van der Waals surface area contributed by atoms with Crippen LogP contribution in [0.5, 0.6) is 5.88 Å². The molecule has 4 aromatic rings. The third-order valence-corrected chi connectivity index (χ3v) is 11.7. The van der Waals surface area contributed by atoms with E-state index in [9.17, 15) is 14.4 Å². The molecule has 7 heterocycles. The molecular weight excluding hydrogens is 751 g/mol. The smallest absolute Gasteiger partial charge is 0.328 e. The van der Waals surface area contributed by atoms with Gasteiger partial charge in [0.25, 0.3) is 0 Å². The van der Waals surface area contributed by atoms with E-state index in [2.05, 4.69) is 54.8 Å². The third kappa shape index (κ3) is 8.03. The van der Waals surface area contributed by atoms with Gasteiger partial charge in [-0.05, 0) is 78.6 Å². The van der Waals surface area contributed by atoms with Gasteiger partial charge in [0, 0.05) is 81.9 Å². The summed E-state index contributed by atoms with van der Waals surface area (Å²) in [4.78, 5) is 59.2. The van der Waals surface area contributed by atoms with Crippen LogP contribution in [0, 0.1) is 18.7 Å². The summed E-state index contributed by atoms with van der Waals surface area (Å²) in [6.07, 6.45) is 6.60. The molecule has 2 fully saturated rings. The van der Waals surface area contributed by atoms with E-state index in [1.165, 1.54) is 17.2 Å². The van der Waals surface area contributed by atoms with Gasteiger partial charge in [0.1, 0.15) is 18.1 Å². The van der Waals surface area contributed by atoms with Gasteiger partial charge in [-0.3, -0.25) is 24.7 Å². The van der Waals surface area contributed by atoms with Gasteiger partial charge in [-0.15, -0.1) is 12.4 Å². The molecule has 9 rings (SSSR count). The number of anilines is 5. The molecule has 298 valence electrons. The quantitative estimate of drug-likeness (QED) is 0.219. The highest BCUT2D eigenvalue weighted by molar-refractivity contribution is 6.05. The van der Waals surface area contributed by atoms with Gasteiger partial charge in [0.2, 0.25) is 23.6 Å². The van der Waals surface area contributed by atoms with E-state index < -0.39 is 5.82 Å². The number of piperidine rings is 1. The number of nitrogens with one attached hydrogen (secondary N) is 3. The Morgan fingerprint density at radius 1 is 0.965 bits per heavy atom. The summed E-state index contributed by atoms with van der Waals surface area (Å²) >= 11 is 0. The fraction of sp³-hybridized carbons (Fsp3) is 0.415. The Labute approximate surface area is 336 Å². The minimum Gasteiger partial charge on any atom is -0.474 e. The van der Waals surface area contributed by atoms with Crippen LogP contribution in [0.15, 0.2) is 48.8 Å². The molecule has 5 aliphatic rings. The SMILES string of the molecule is Cc1c(N2CCc3cnc(Nc4ccc(CC(=O)N5CCC(CN6Cc7ccc(N8CCC(=O)NC8=O)cc7C6)CC5)c(F)c4)nc3C2)cnc2c1NCCO2.Cl. The maximum atomic E-state index is 15.4. The summed E-state index contributed by atoms with van der Waals surface area (Å²) in [6, 6.07) is 10.6. The molecule has 5 aliphatic heterocycles. The van der Waals surface area contributed by atoms with Crippen LogP contribution in [0.2, 0.25) is 0 Å². The second-order valence-corrected chi connectivity index (χ2v) is 15.4. The Balaban J connectivity index is 0.00000455. The van der Waals surface area contributed by atoms with E-state index in [1.807, 2.05) is 23.4 Å². The molecule has 0 radical (unpaired) electrons. The molecule has 3 N–H and O–H groups in total. The number of carbonyl (C=O) groups is 3. The van der Waals surface area contributed by atoms with Crippen molar-refractivity contribution in [1.82, 2.24) is 30.1 Å². The largest absolute Gasteiger partial charge is 0.474 e. The highest BCUT2D eigenvalue weighted by Crippen LogP contribution is 2.36. The number of nitrogens with zero attached hydrogens (tertiary/aromatic N) is 7. The fourth-order valence-corrected chi connectivity index (χ4v) is 8.56. The molecule has 0 atom stereocenters. The van der Waals surface area contributed by atoms with Crippen LogP contribution in [-0.4, -0.2) is 88.5 Å². The Morgan fingerprint density at radius 2 is 1.81 bits per heavy atom. The molecule has 0 aliphatic carbocycles. The summed E-state index contributed by atoms with van der Waals surface area (Å²) in [7, 11) is 0. The molecule has 0 spiro atoms. The standard InChI is InChI=1S/C41H45FN10O4.ClH/c1-25-35(20-44-39-38(25)43-10-15-56-39)51-13-8-28-19-45-40(47-34(28)24-51)46-31-4-2-27(33(42)18-31)17-37(54)50-11-6-26(7-12-50)21-49-22-29-3-5-32(16-30(29)23-49)52-14-9-36(53)48-41(52)55;/h2-5,16,18-20,26,43H,6-15,17,21-24H2,1H3,(H,45,46,47)(H,48,53,55);1H. The molecular formula is C41H46ClFN10O4. The molecule has 0 saturated carbocycles. The molecule has 2 aromatic carbocycles. The minimum absolute atomic E-state index is 0. The Hall–Kier alpha value is -5.54. The predicted octanol–water partition coefficient (Wildman–Crippen LogP) is 5.09. The topological polar surface area (TPSA) is 148 Å². The van der Waals surface area contributed by atoms with Gasteiger partial charge in [0.15, 0.2) is 0 Å². The van der Waals surface area contributed by atoms with Crippen LogP contribution in [0.1, 0.15) is 52.8 Å². The average Bonchev–Trinajstić information content (AvgIpc) is 3.61. The van der Waals surface area contributed by atoms with Crippen molar-refractivity contribution in [3.63, 3.8) is 0 Å². The lowest BCUT2D eigenvalue weighted by Gasteiger charge is -2.34. The summed E-state index contributed by atoms with van der Waals surface area (Å²) in [5, 5.41) is 8.96. The van der Waals surface area contributed by atoms with Crippen molar-refractivity contribution in [1.29, 1.82) is 0 Å². The van der Waals surface area contributed by atoms with Crippen molar-refractivity contribution in [2.45, 2.75) is 58.7 Å². The number of fused-ring (bicyclic) bond motifs is 3. The number of halogens is 2. The molecule has 4 amide bonds. The molecule has 0 unspecified atom stereocenters. The molecule has 2 saturated heterocycles. The van der Waals surface area contributed by atoms with Crippen molar-refractivity contribution in [3.8, 4) is 5.88 Å².